The number of methoxy groups -OCH3 is 1. The van der Waals surface area contributed by atoms with Gasteiger partial charge in [0.05, 0.1) is 11.6 Å². The van der Waals surface area contributed by atoms with Crippen LogP contribution in [0.25, 0.3) is 0 Å². The van der Waals surface area contributed by atoms with Crippen LogP contribution in [0.2, 0.25) is 0 Å². The molecule has 104 valence electrons. The van der Waals surface area contributed by atoms with E-state index in [9.17, 15) is 14.3 Å². The summed E-state index contributed by atoms with van der Waals surface area (Å²) >= 11 is 3.03. The zero-order valence-corrected chi connectivity index (χ0v) is 12.1. The lowest BCUT2D eigenvalue weighted by atomic mass is 10.2. The molecule has 0 saturated heterocycles. The van der Waals surface area contributed by atoms with E-state index < -0.39 is 11.7 Å². The number of hydrogen-bond donors (Lipinski definition) is 2. The summed E-state index contributed by atoms with van der Waals surface area (Å²) in [5.74, 6) is -0.788. The van der Waals surface area contributed by atoms with Crippen molar-refractivity contribution < 1.29 is 19.0 Å². The molecule has 4 nitrogen and oxygen atoms in total. The third-order valence-corrected chi connectivity index (χ3v) is 3.26. The molecule has 2 aromatic rings. The fourth-order valence-electron chi connectivity index (χ4n) is 1.61. The van der Waals surface area contributed by atoms with Crippen LogP contribution in [-0.4, -0.2) is 18.1 Å². The predicted molar refractivity (Wildman–Crippen MR) is 76.7 cm³/mol. The Kier molecular flexibility index (Phi) is 4.24. The fraction of sp³-hybridized carbons (Fsp3) is 0.0714. The molecule has 2 rings (SSSR count). The molecule has 0 radical (unpaired) electrons. The van der Waals surface area contributed by atoms with Crippen molar-refractivity contribution in [2.24, 2.45) is 0 Å². The van der Waals surface area contributed by atoms with Gasteiger partial charge < -0.3 is 15.2 Å². The molecule has 1 amide bonds. The van der Waals surface area contributed by atoms with E-state index in [1.165, 1.54) is 37.4 Å². The van der Waals surface area contributed by atoms with Crippen LogP contribution in [0.4, 0.5) is 10.1 Å². The number of benzene rings is 2. The molecule has 20 heavy (non-hydrogen) atoms. The third-order valence-electron chi connectivity index (χ3n) is 2.62. The Morgan fingerprint density at radius 3 is 2.65 bits per heavy atom. The van der Waals surface area contributed by atoms with Crippen molar-refractivity contribution in [1.82, 2.24) is 0 Å². The maximum Gasteiger partial charge on any atom is 0.255 e. The average Bonchev–Trinajstić information content (AvgIpc) is 2.42. The lowest BCUT2D eigenvalue weighted by Gasteiger charge is -2.08. The van der Waals surface area contributed by atoms with Gasteiger partial charge in [0.15, 0.2) is 11.5 Å². The topological polar surface area (TPSA) is 58.6 Å². The Hall–Kier alpha value is -2.08. The van der Waals surface area contributed by atoms with Crippen molar-refractivity contribution in [2.45, 2.75) is 0 Å². The minimum absolute atomic E-state index is 0.137. The van der Waals surface area contributed by atoms with Gasteiger partial charge in [-0.2, -0.15) is 0 Å². The van der Waals surface area contributed by atoms with Crippen LogP contribution in [0.3, 0.4) is 0 Å². The molecule has 0 spiro atoms. The van der Waals surface area contributed by atoms with Crippen molar-refractivity contribution in [2.75, 3.05) is 12.4 Å². The van der Waals surface area contributed by atoms with E-state index in [2.05, 4.69) is 21.2 Å². The molecule has 2 aromatic carbocycles. The molecule has 6 heteroatoms. The van der Waals surface area contributed by atoms with Gasteiger partial charge in [-0.05, 0) is 52.3 Å². The van der Waals surface area contributed by atoms with Crippen molar-refractivity contribution in [3.05, 3.63) is 52.3 Å². The van der Waals surface area contributed by atoms with Crippen molar-refractivity contribution in [1.29, 1.82) is 0 Å². The summed E-state index contributed by atoms with van der Waals surface area (Å²) < 4.78 is 18.5. The van der Waals surface area contributed by atoms with Gasteiger partial charge in [-0.15, -0.1) is 0 Å². The number of ether oxygens (including phenoxy) is 1. The molecule has 0 aliphatic rings. The van der Waals surface area contributed by atoms with E-state index in [1.54, 1.807) is 6.07 Å². The highest BCUT2D eigenvalue weighted by Crippen LogP contribution is 2.27. The number of phenolic OH excluding ortho intramolecular Hbond substituents is 1. The largest absolute Gasteiger partial charge is 0.504 e. The number of nitrogens with one attached hydrogen (secondary N) is 1. The summed E-state index contributed by atoms with van der Waals surface area (Å²) in [4.78, 5) is 12.0. The number of anilines is 1. The number of carbonyl (C=O) groups excluding carboxylic acids is 1. The molecular weight excluding hydrogens is 329 g/mol. The quantitative estimate of drug-likeness (QED) is 0.898. The minimum atomic E-state index is -0.472. The van der Waals surface area contributed by atoms with E-state index in [-0.39, 0.29) is 17.1 Å². The van der Waals surface area contributed by atoms with Gasteiger partial charge >= 0.3 is 0 Å². The molecule has 2 N–H and O–H groups in total. The van der Waals surface area contributed by atoms with E-state index in [0.29, 0.717) is 10.2 Å². The minimum Gasteiger partial charge on any atom is -0.504 e. The standard InChI is InChI=1S/C14H11BrFNO3/c1-20-13-5-2-8(6-12(13)18)14(19)17-9-3-4-10(15)11(16)7-9/h2-7,18H,1H3,(H,17,19). The number of halogens is 2. The SMILES string of the molecule is COc1ccc(C(=O)Nc2ccc(Br)c(F)c2)cc1O. The van der Waals surface area contributed by atoms with E-state index in [0.717, 1.165) is 0 Å². The van der Waals surface area contributed by atoms with Gasteiger partial charge in [-0.25, -0.2) is 4.39 Å². The number of hydrogen-bond acceptors (Lipinski definition) is 3. The van der Waals surface area contributed by atoms with Crippen LogP contribution in [0.5, 0.6) is 11.5 Å². The van der Waals surface area contributed by atoms with Gasteiger partial charge in [-0.1, -0.05) is 0 Å². The molecule has 0 unspecified atom stereocenters. The zero-order valence-electron chi connectivity index (χ0n) is 10.5. The lowest BCUT2D eigenvalue weighted by molar-refractivity contribution is 0.102. The summed E-state index contributed by atoms with van der Waals surface area (Å²) in [6, 6.07) is 8.52. The Morgan fingerprint density at radius 1 is 1.30 bits per heavy atom. The highest BCUT2D eigenvalue weighted by Gasteiger charge is 2.10. The molecular formula is C14H11BrFNO3. The number of amides is 1. The van der Waals surface area contributed by atoms with Gasteiger partial charge in [-0.3, -0.25) is 4.79 Å². The molecule has 0 saturated carbocycles. The molecule has 0 atom stereocenters. The first-order chi connectivity index (χ1) is 9.51. The Labute approximate surface area is 123 Å². The Balaban J connectivity index is 2.19. The predicted octanol–water partition coefficient (Wildman–Crippen LogP) is 3.55. The van der Waals surface area contributed by atoms with Gasteiger partial charge in [0, 0.05) is 11.3 Å². The summed E-state index contributed by atoms with van der Waals surface area (Å²) in [6.07, 6.45) is 0. The number of carbonyl (C=O) groups is 1. The Morgan fingerprint density at radius 2 is 2.05 bits per heavy atom. The van der Waals surface area contributed by atoms with Crippen LogP contribution < -0.4 is 10.1 Å². The van der Waals surface area contributed by atoms with Gasteiger partial charge in [0.25, 0.3) is 5.91 Å². The molecule has 0 bridgehead atoms. The lowest BCUT2D eigenvalue weighted by Crippen LogP contribution is -2.12. The molecule has 0 heterocycles. The highest BCUT2D eigenvalue weighted by molar-refractivity contribution is 9.10. The first kappa shape index (κ1) is 14.3. The number of phenols is 1. The van der Waals surface area contributed by atoms with E-state index in [1.807, 2.05) is 0 Å². The molecule has 0 aliphatic carbocycles. The fourth-order valence-corrected chi connectivity index (χ4v) is 1.86. The summed E-state index contributed by atoms with van der Waals surface area (Å²) in [5, 5.41) is 12.2. The second-order valence-electron chi connectivity index (χ2n) is 3.97. The first-order valence-corrected chi connectivity index (χ1v) is 6.44. The van der Waals surface area contributed by atoms with Crippen LogP contribution in [0, 0.1) is 5.82 Å². The smallest absolute Gasteiger partial charge is 0.255 e. The van der Waals surface area contributed by atoms with Crippen molar-refractivity contribution in [3.8, 4) is 11.5 Å². The molecule has 0 aliphatic heterocycles. The van der Waals surface area contributed by atoms with Gasteiger partial charge in [0.2, 0.25) is 0 Å². The van der Waals surface area contributed by atoms with Crippen LogP contribution >= 0.6 is 15.9 Å². The monoisotopic (exact) mass is 339 g/mol. The van der Waals surface area contributed by atoms with Crippen LogP contribution in [0.15, 0.2) is 40.9 Å². The van der Waals surface area contributed by atoms with E-state index >= 15 is 0 Å². The third kappa shape index (κ3) is 3.08. The number of rotatable bonds is 3. The first-order valence-electron chi connectivity index (χ1n) is 5.64. The maximum absolute atomic E-state index is 13.3. The normalized spacial score (nSPS) is 10.2. The van der Waals surface area contributed by atoms with E-state index in [4.69, 9.17) is 4.74 Å². The Bertz CT molecular complexity index is 661. The zero-order chi connectivity index (χ0) is 14.7. The maximum atomic E-state index is 13.3. The second-order valence-corrected chi connectivity index (χ2v) is 4.82. The average molecular weight is 340 g/mol. The van der Waals surface area contributed by atoms with Crippen LogP contribution in [0.1, 0.15) is 10.4 Å². The highest BCUT2D eigenvalue weighted by atomic mass is 79.9. The molecule has 0 fully saturated rings. The van der Waals surface area contributed by atoms with Crippen LogP contribution in [-0.2, 0) is 0 Å². The van der Waals surface area contributed by atoms with Crippen molar-refractivity contribution >= 4 is 27.5 Å². The summed E-state index contributed by atoms with van der Waals surface area (Å²) in [5.41, 5.74) is 0.567. The summed E-state index contributed by atoms with van der Waals surface area (Å²) in [7, 11) is 1.42. The number of aromatic hydroxyl groups is 1. The second kappa shape index (κ2) is 5.92. The van der Waals surface area contributed by atoms with Gasteiger partial charge in [0.1, 0.15) is 5.82 Å². The summed E-state index contributed by atoms with van der Waals surface area (Å²) in [6.45, 7) is 0. The van der Waals surface area contributed by atoms with Crippen molar-refractivity contribution in [3.63, 3.8) is 0 Å². The molecule has 0 aromatic heterocycles.